The first-order chi connectivity index (χ1) is 13.0. The molecule has 3 atom stereocenters. The van der Waals surface area contributed by atoms with Crippen LogP contribution in [0.15, 0.2) is 46.1 Å². The second-order valence-electron chi connectivity index (χ2n) is 7.10. The Morgan fingerprint density at radius 1 is 1.30 bits per heavy atom. The normalized spacial score (nSPS) is 22.4. The van der Waals surface area contributed by atoms with Gasteiger partial charge in [-0.2, -0.15) is 0 Å². The second-order valence-corrected chi connectivity index (χ2v) is 7.10. The molecule has 7 nitrogen and oxygen atoms in total. The van der Waals surface area contributed by atoms with Crippen molar-refractivity contribution in [1.82, 2.24) is 14.5 Å². The summed E-state index contributed by atoms with van der Waals surface area (Å²) in [6.45, 7) is 3.28. The molecule has 146 valence electrons. The molecule has 2 heterocycles. The predicted octanol–water partition coefficient (Wildman–Crippen LogP) is 0.922. The van der Waals surface area contributed by atoms with Crippen molar-refractivity contribution in [2.45, 2.75) is 44.6 Å². The van der Waals surface area contributed by atoms with Gasteiger partial charge in [-0.1, -0.05) is 37.3 Å². The highest BCUT2D eigenvalue weighted by molar-refractivity contribution is 5.14. The van der Waals surface area contributed by atoms with E-state index < -0.39 is 18.0 Å². The van der Waals surface area contributed by atoms with E-state index in [0.717, 1.165) is 13.0 Å². The molecule has 0 aliphatic carbocycles. The van der Waals surface area contributed by atoms with Gasteiger partial charge in [0.2, 0.25) is 0 Å². The first-order valence-electron chi connectivity index (χ1n) is 9.38. The van der Waals surface area contributed by atoms with E-state index in [1.807, 2.05) is 32.2 Å². The van der Waals surface area contributed by atoms with Crippen molar-refractivity contribution in [3.8, 4) is 0 Å². The van der Waals surface area contributed by atoms with Crippen molar-refractivity contribution in [1.29, 1.82) is 0 Å². The topological polar surface area (TPSA) is 87.6 Å². The van der Waals surface area contributed by atoms with E-state index in [1.165, 1.54) is 10.1 Å². The van der Waals surface area contributed by atoms with Crippen LogP contribution in [0.25, 0.3) is 0 Å². The Labute approximate surface area is 158 Å². The van der Waals surface area contributed by atoms with Crippen molar-refractivity contribution in [3.05, 3.63) is 68.5 Å². The van der Waals surface area contributed by atoms with Gasteiger partial charge in [0, 0.05) is 31.3 Å². The molecular formula is C20H27N3O4. The van der Waals surface area contributed by atoms with Crippen LogP contribution in [0.3, 0.4) is 0 Å². The fourth-order valence-electron chi connectivity index (χ4n) is 3.41. The molecule has 2 N–H and O–H groups in total. The molecule has 0 bridgehead atoms. The Morgan fingerprint density at radius 3 is 2.74 bits per heavy atom. The summed E-state index contributed by atoms with van der Waals surface area (Å²) in [5.74, 6) is 0. The number of H-pyrrole nitrogens is 1. The molecule has 2 aromatic rings. The van der Waals surface area contributed by atoms with Crippen LogP contribution in [0.1, 0.15) is 30.7 Å². The summed E-state index contributed by atoms with van der Waals surface area (Å²) >= 11 is 0. The summed E-state index contributed by atoms with van der Waals surface area (Å²) in [4.78, 5) is 28.3. The number of aliphatic hydroxyl groups excluding tert-OH is 1. The molecule has 1 saturated heterocycles. The molecule has 7 heteroatoms. The molecule has 1 aromatic carbocycles. The zero-order valence-corrected chi connectivity index (χ0v) is 15.8. The van der Waals surface area contributed by atoms with Gasteiger partial charge in [-0.3, -0.25) is 14.3 Å². The predicted molar refractivity (Wildman–Crippen MR) is 103 cm³/mol. The Bertz CT molecular complexity index is 862. The maximum absolute atomic E-state index is 12.1. The first-order valence-corrected chi connectivity index (χ1v) is 9.38. The largest absolute Gasteiger partial charge is 0.390 e. The van der Waals surface area contributed by atoms with Crippen LogP contribution in [0.2, 0.25) is 0 Å². The van der Waals surface area contributed by atoms with E-state index in [1.54, 1.807) is 6.20 Å². The van der Waals surface area contributed by atoms with E-state index in [0.29, 0.717) is 24.9 Å². The summed E-state index contributed by atoms with van der Waals surface area (Å²) in [5.41, 5.74) is 0.917. The molecule has 0 radical (unpaired) electrons. The van der Waals surface area contributed by atoms with Gasteiger partial charge < -0.3 is 14.7 Å². The number of likely N-dealkylation sites (N-methyl/N-ethyl adjacent to an activating group) is 1. The zero-order valence-electron chi connectivity index (χ0n) is 15.8. The van der Waals surface area contributed by atoms with Crippen LogP contribution in [-0.4, -0.2) is 51.9 Å². The third-order valence-corrected chi connectivity index (χ3v) is 5.05. The average molecular weight is 373 g/mol. The van der Waals surface area contributed by atoms with Gasteiger partial charge >= 0.3 is 5.69 Å². The lowest BCUT2D eigenvalue weighted by molar-refractivity contribution is -0.0332. The lowest BCUT2D eigenvalue weighted by Crippen LogP contribution is -2.36. The minimum atomic E-state index is -0.655. The molecular weight excluding hydrogens is 346 g/mol. The standard InChI is InChI=1S/C20H27N3O4/c1-3-15-12-23(20(26)21-19(15)25)18-11-16(24)17(27-18)13-22(2)10-9-14-7-5-4-6-8-14/h4-8,12,16-18,24H,3,9-11,13H2,1-2H3,(H,21,25,26)/t16?,17-,18-/m0/s1. The molecule has 1 aromatic heterocycles. The number of benzene rings is 1. The van der Waals surface area contributed by atoms with Crippen LogP contribution >= 0.6 is 0 Å². The molecule has 27 heavy (non-hydrogen) atoms. The van der Waals surface area contributed by atoms with Gasteiger partial charge in [0.15, 0.2) is 0 Å². The number of rotatable bonds is 7. The van der Waals surface area contributed by atoms with Gasteiger partial charge in [-0.15, -0.1) is 0 Å². The molecule has 1 fully saturated rings. The summed E-state index contributed by atoms with van der Waals surface area (Å²) in [6.07, 6.45) is 1.71. The number of aryl methyl sites for hydroxylation is 1. The van der Waals surface area contributed by atoms with Gasteiger partial charge in [-0.05, 0) is 25.5 Å². The SMILES string of the molecule is CCc1cn([C@@H]2CC(O)[C@H](CN(C)CCc3ccccc3)O2)c(=O)[nH]c1=O. The molecule has 3 rings (SSSR count). The van der Waals surface area contributed by atoms with Crippen LogP contribution in [-0.2, 0) is 17.6 Å². The van der Waals surface area contributed by atoms with Gasteiger partial charge in [0.1, 0.15) is 6.23 Å². The monoisotopic (exact) mass is 373 g/mol. The number of aromatic amines is 1. The summed E-state index contributed by atoms with van der Waals surface area (Å²) < 4.78 is 7.33. The van der Waals surface area contributed by atoms with Gasteiger partial charge in [-0.25, -0.2) is 4.79 Å². The third-order valence-electron chi connectivity index (χ3n) is 5.05. The summed E-state index contributed by atoms with van der Waals surface area (Å²) in [6, 6.07) is 10.2. The maximum Gasteiger partial charge on any atom is 0.330 e. The summed E-state index contributed by atoms with van der Waals surface area (Å²) in [5, 5.41) is 10.4. The molecule has 0 amide bonds. The number of nitrogens with zero attached hydrogens (tertiary/aromatic N) is 2. The number of hydrogen-bond donors (Lipinski definition) is 2. The number of hydrogen-bond acceptors (Lipinski definition) is 5. The number of aliphatic hydroxyl groups is 1. The van der Waals surface area contributed by atoms with Crippen molar-refractivity contribution >= 4 is 0 Å². The number of ether oxygens (including phenoxy) is 1. The summed E-state index contributed by atoms with van der Waals surface area (Å²) in [7, 11) is 1.99. The average Bonchev–Trinajstić information content (AvgIpc) is 3.01. The third kappa shape index (κ3) is 4.74. The Kier molecular flexibility index (Phi) is 6.26. The Hall–Kier alpha value is -2.22. The molecule has 1 unspecified atom stereocenters. The highest BCUT2D eigenvalue weighted by atomic mass is 16.5. The van der Waals surface area contributed by atoms with Crippen molar-refractivity contribution in [2.24, 2.45) is 0 Å². The fraction of sp³-hybridized carbons (Fsp3) is 0.500. The van der Waals surface area contributed by atoms with E-state index >= 15 is 0 Å². The molecule has 1 aliphatic rings. The fourth-order valence-corrected chi connectivity index (χ4v) is 3.41. The highest BCUT2D eigenvalue weighted by Gasteiger charge is 2.36. The quantitative estimate of drug-likeness (QED) is 0.754. The van der Waals surface area contributed by atoms with Gasteiger partial charge in [0.25, 0.3) is 5.56 Å². The van der Waals surface area contributed by atoms with E-state index in [9.17, 15) is 14.7 Å². The molecule has 1 aliphatic heterocycles. The first kappa shape index (κ1) is 19.5. The van der Waals surface area contributed by atoms with Crippen LogP contribution in [0.5, 0.6) is 0 Å². The number of aromatic nitrogens is 2. The second kappa shape index (κ2) is 8.65. The van der Waals surface area contributed by atoms with Gasteiger partial charge in [0.05, 0.1) is 12.2 Å². The molecule has 0 spiro atoms. The minimum absolute atomic E-state index is 0.326. The zero-order chi connectivity index (χ0) is 19.4. The van der Waals surface area contributed by atoms with Crippen molar-refractivity contribution in [2.75, 3.05) is 20.1 Å². The lowest BCUT2D eigenvalue weighted by Gasteiger charge is -2.23. The number of nitrogens with one attached hydrogen (secondary N) is 1. The van der Waals surface area contributed by atoms with E-state index in [4.69, 9.17) is 4.74 Å². The van der Waals surface area contributed by atoms with E-state index in [2.05, 4.69) is 22.0 Å². The maximum atomic E-state index is 12.1. The minimum Gasteiger partial charge on any atom is -0.390 e. The smallest absolute Gasteiger partial charge is 0.330 e. The van der Waals surface area contributed by atoms with Crippen molar-refractivity contribution < 1.29 is 9.84 Å². The Balaban J connectivity index is 1.61. The highest BCUT2D eigenvalue weighted by Crippen LogP contribution is 2.28. The van der Waals surface area contributed by atoms with E-state index in [-0.39, 0.29) is 11.7 Å². The lowest BCUT2D eigenvalue weighted by atomic mass is 10.1. The van der Waals surface area contributed by atoms with Crippen LogP contribution in [0.4, 0.5) is 0 Å². The Morgan fingerprint density at radius 2 is 2.04 bits per heavy atom. The van der Waals surface area contributed by atoms with Crippen LogP contribution < -0.4 is 11.2 Å². The van der Waals surface area contributed by atoms with Crippen molar-refractivity contribution in [3.63, 3.8) is 0 Å². The van der Waals surface area contributed by atoms with Crippen LogP contribution in [0, 0.1) is 0 Å². The molecule has 0 saturated carbocycles.